The van der Waals surface area contributed by atoms with Crippen LogP contribution in [-0.4, -0.2) is 29.1 Å². The number of halogens is 1. The van der Waals surface area contributed by atoms with Gasteiger partial charge in [-0.15, -0.1) is 0 Å². The van der Waals surface area contributed by atoms with E-state index in [0.717, 1.165) is 10.2 Å². The largest absolute Gasteiger partial charge is 0.480 e. The zero-order chi connectivity index (χ0) is 13.0. The first kappa shape index (κ1) is 12.9. The highest BCUT2D eigenvalue weighted by Crippen LogP contribution is 2.28. The van der Waals surface area contributed by atoms with Crippen LogP contribution in [0.15, 0.2) is 35.2 Å². The van der Waals surface area contributed by atoms with E-state index in [0.29, 0.717) is 11.6 Å². The lowest BCUT2D eigenvalue weighted by atomic mass is 10.1. The molecule has 0 bridgehead atoms. The standard InChI is InChI=1S/C12H13BrN4O/c1-14-10(9-8(13)4-3-5-15-9)11-12(18-2)17-7-6-16-11/h3-7,10,14H,1-2H3. The molecule has 2 heterocycles. The molecule has 0 aliphatic carbocycles. The van der Waals surface area contributed by atoms with Crippen molar-refractivity contribution in [2.45, 2.75) is 6.04 Å². The van der Waals surface area contributed by atoms with Gasteiger partial charge in [0.1, 0.15) is 5.69 Å². The lowest BCUT2D eigenvalue weighted by Crippen LogP contribution is -2.21. The van der Waals surface area contributed by atoms with Gasteiger partial charge in [-0.05, 0) is 35.1 Å². The Morgan fingerprint density at radius 2 is 1.89 bits per heavy atom. The van der Waals surface area contributed by atoms with Crippen molar-refractivity contribution in [1.29, 1.82) is 0 Å². The van der Waals surface area contributed by atoms with Gasteiger partial charge in [0.15, 0.2) is 0 Å². The van der Waals surface area contributed by atoms with Crippen LogP contribution in [-0.2, 0) is 0 Å². The Bertz CT molecular complexity index is 535. The first-order valence-electron chi connectivity index (χ1n) is 5.40. The first-order chi connectivity index (χ1) is 8.77. The highest BCUT2D eigenvalue weighted by atomic mass is 79.9. The Morgan fingerprint density at radius 1 is 1.17 bits per heavy atom. The summed E-state index contributed by atoms with van der Waals surface area (Å²) in [7, 11) is 3.42. The smallest absolute Gasteiger partial charge is 0.237 e. The van der Waals surface area contributed by atoms with Gasteiger partial charge in [0, 0.05) is 23.1 Å². The third kappa shape index (κ3) is 2.49. The Labute approximate surface area is 114 Å². The van der Waals surface area contributed by atoms with Gasteiger partial charge in [0.05, 0.1) is 18.8 Å². The molecule has 0 saturated heterocycles. The summed E-state index contributed by atoms with van der Waals surface area (Å²) in [5.74, 6) is 0.495. The van der Waals surface area contributed by atoms with Crippen molar-refractivity contribution in [1.82, 2.24) is 20.3 Å². The number of pyridine rings is 1. The number of rotatable bonds is 4. The molecular formula is C12H13BrN4O. The van der Waals surface area contributed by atoms with Crippen molar-refractivity contribution in [2.75, 3.05) is 14.2 Å². The fraction of sp³-hybridized carbons (Fsp3) is 0.250. The second-order valence-corrected chi connectivity index (χ2v) is 4.40. The van der Waals surface area contributed by atoms with E-state index in [9.17, 15) is 0 Å². The van der Waals surface area contributed by atoms with E-state index in [4.69, 9.17) is 4.74 Å². The van der Waals surface area contributed by atoms with E-state index in [1.165, 1.54) is 0 Å². The quantitative estimate of drug-likeness (QED) is 0.935. The van der Waals surface area contributed by atoms with Crippen LogP contribution in [0.5, 0.6) is 5.88 Å². The van der Waals surface area contributed by atoms with Crippen LogP contribution in [0.1, 0.15) is 17.4 Å². The molecule has 0 fully saturated rings. The Morgan fingerprint density at radius 3 is 2.56 bits per heavy atom. The molecule has 0 aliphatic rings. The monoisotopic (exact) mass is 308 g/mol. The van der Waals surface area contributed by atoms with Crippen LogP contribution in [0.4, 0.5) is 0 Å². The van der Waals surface area contributed by atoms with E-state index in [1.54, 1.807) is 25.7 Å². The molecule has 6 heteroatoms. The molecule has 0 aromatic carbocycles. The minimum Gasteiger partial charge on any atom is -0.480 e. The fourth-order valence-electron chi connectivity index (χ4n) is 1.70. The topological polar surface area (TPSA) is 59.9 Å². The summed E-state index contributed by atoms with van der Waals surface area (Å²) in [6, 6.07) is 3.63. The second kappa shape index (κ2) is 5.88. The number of nitrogens with one attached hydrogen (secondary N) is 1. The molecule has 2 aromatic rings. The normalized spacial score (nSPS) is 12.2. The molecule has 0 amide bonds. The molecule has 2 rings (SSSR count). The Kier molecular flexibility index (Phi) is 4.22. The van der Waals surface area contributed by atoms with Gasteiger partial charge in [0.2, 0.25) is 5.88 Å². The maximum Gasteiger partial charge on any atom is 0.237 e. The Hall–Kier alpha value is -1.53. The summed E-state index contributed by atoms with van der Waals surface area (Å²) in [5, 5.41) is 3.18. The van der Waals surface area contributed by atoms with Crippen LogP contribution >= 0.6 is 15.9 Å². The van der Waals surface area contributed by atoms with Crippen molar-refractivity contribution in [3.8, 4) is 5.88 Å². The van der Waals surface area contributed by atoms with Gasteiger partial charge in [-0.3, -0.25) is 9.97 Å². The third-order valence-corrected chi connectivity index (χ3v) is 3.18. The fourth-order valence-corrected chi connectivity index (χ4v) is 2.19. The molecule has 1 atom stereocenters. The highest BCUT2D eigenvalue weighted by molar-refractivity contribution is 9.10. The van der Waals surface area contributed by atoms with E-state index >= 15 is 0 Å². The minimum absolute atomic E-state index is 0.177. The number of hydrogen-bond acceptors (Lipinski definition) is 5. The average molecular weight is 309 g/mol. The van der Waals surface area contributed by atoms with Crippen molar-refractivity contribution >= 4 is 15.9 Å². The second-order valence-electron chi connectivity index (χ2n) is 3.54. The van der Waals surface area contributed by atoms with Gasteiger partial charge in [-0.2, -0.15) is 0 Å². The first-order valence-corrected chi connectivity index (χ1v) is 6.19. The predicted octanol–water partition coefficient (Wildman–Crippen LogP) is 1.95. The van der Waals surface area contributed by atoms with Crippen molar-refractivity contribution in [3.63, 3.8) is 0 Å². The number of aromatic nitrogens is 3. The molecule has 94 valence electrons. The molecule has 0 saturated carbocycles. The molecule has 1 N–H and O–H groups in total. The van der Waals surface area contributed by atoms with Gasteiger partial charge >= 0.3 is 0 Å². The van der Waals surface area contributed by atoms with E-state index in [-0.39, 0.29) is 6.04 Å². The zero-order valence-electron chi connectivity index (χ0n) is 10.1. The lowest BCUT2D eigenvalue weighted by Gasteiger charge is -2.17. The molecule has 5 nitrogen and oxygen atoms in total. The van der Waals surface area contributed by atoms with Gasteiger partial charge in [-0.25, -0.2) is 4.98 Å². The molecule has 0 radical (unpaired) electrons. The predicted molar refractivity (Wildman–Crippen MR) is 71.4 cm³/mol. The molecule has 18 heavy (non-hydrogen) atoms. The van der Waals surface area contributed by atoms with Crippen molar-refractivity contribution in [2.24, 2.45) is 0 Å². The molecule has 0 aliphatic heterocycles. The summed E-state index contributed by atoms with van der Waals surface area (Å²) >= 11 is 3.49. The molecule has 0 spiro atoms. The molecule has 1 unspecified atom stereocenters. The average Bonchev–Trinajstić information content (AvgIpc) is 2.42. The molecular weight excluding hydrogens is 296 g/mol. The van der Waals surface area contributed by atoms with Gasteiger partial charge in [0.25, 0.3) is 0 Å². The van der Waals surface area contributed by atoms with Crippen LogP contribution < -0.4 is 10.1 Å². The zero-order valence-corrected chi connectivity index (χ0v) is 11.7. The van der Waals surface area contributed by atoms with Gasteiger partial charge < -0.3 is 10.1 Å². The van der Waals surface area contributed by atoms with E-state index < -0.39 is 0 Å². The SMILES string of the molecule is CNC(c1ncccc1Br)c1nccnc1OC. The van der Waals surface area contributed by atoms with Crippen LogP contribution in [0, 0.1) is 0 Å². The third-order valence-electron chi connectivity index (χ3n) is 2.51. The van der Waals surface area contributed by atoms with Crippen LogP contribution in [0.2, 0.25) is 0 Å². The number of hydrogen-bond donors (Lipinski definition) is 1. The van der Waals surface area contributed by atoms with Gasteiger partial charge in [-0.1, -0.05) is 0 Å². The number of nitrogens with zero attached hydrogens (tertiary/aromatic N) is 3. The van der Waals surface area contributed by atoms with Crippen molar-refractivity contribution < 1.29 is 4.74 Å². The van der Waals surface area contributed by atoms with E-state index in [2.05, 4.69) is 36.2 Å². The van der Waals surface area contributed by atoms with Crippen LogP contribution in [0.25, 0.3) is 0 Å². The summed E-state index contributed by atoms with van der Waals surface area (Å²) < 4.78 is 6.15. The summed E-state index contributed by atoms with van der Waals surface area (Å²) in [6.45, 7) is 0. The number of methoxy groups -OCH3 is 1. The highest BCUT2D eigenvalue weighted by Gasteiger charge is 2.22. The summed E-state index contributed by atoms with van der Waals surface area (Å²) in [4.78, 5) is 12.8. The minimum atomic E-state index is -0.177. The van der Waals surface area contributed by atoms with Crippen LogP contribution in [0.3, 0.4) is 0 Å². The van der Waals surface area contributed by atoms with Crippen molar-refractivity contribution in [3.05, 3.63) is 46.6 Å². The summed E-state index contributed by atoms with van der Waals surface area (Å²) in [6.07, 6.45) is 4.98. The maximum absolute atomic E-state index is 5.23. The maximum atomic E-state index is 5.23. The Balaban J connectivity index is 2.49. The van der Waals surface area contributed by atoms with E-state index in [1.807, 2.05) is 19.2 Å². The lowest BCUT2D eigenvalue weighted by molar-refractivity contribution is 0.383. The number of ether oxygens (including phenoxy) is 1. The summed E-state index contributed by atoms with van der Waals surface area (Å²) in [5.41, 5.74) is 1.56. The molecule has 2 aromatic heterocycles.